The van der Waals surface area contributed by atoms with Crippen molar-refractivity contribution in [2.45, 2.75) is 33.4 Å². The summed E-state index contributed by atoms with van der Waals surface area (Å²) >= 11 is 0. The van der Waals surface area contributed by atoms with E-state index in [0.29, 0.717) is 6.54 Å². The second-order valence-corrected chi connectivity index (χ2v) is 9.52. The van der Waals surface area contributed by atoms with E-state index in [2.05, 4.69) is 73.3 Å². The highest BCUT2D eigenvalue weighted by Gasteiger charge is 2.20. The molecule has 0 aliphatic carbocycles. The molecule has 0 unspecified atom stereocenters. The Morgan fingerprint density at radius 3 is 2.29 bits per heavy atom. The number of benzene rings is 4. The van der Waals surface area contributed by atoms with Gasteiger partial charge in [-0.1, -0.05) is 84.4 Å². The van der Waals surface area contributed by atoms with Crippen molar-refractivity contribution >= 4 is 28.4 Å². The Kier molecular flexibility index (Phi) is 6.78. The lowest BCUT2D eigenvalue weighted by Crippen LogP contribution is -2.34. The van der Waals surface area contributed by atoms with Gasteiger partial charge >= 0.3 is 0 Å². The highest BCUT2D eigenvalue weighted by molar-refractivity contribution is 6.04. The Bertz CT molecular complexity index is 1330. The Morgan fingerprint density at radius 1 is 0.886 bits per heavy atom. The van der Waals surface area contributed by atoms with Gasteiger partial charge in [0.05, 0.1) is 0 Å². The summed E-state index contributed by atoms with van der Waals surface area (Å²) in [5.74, 6) is 0.0227. The van der Waals surface area contributed by atoms with Gasteiger partial charge < -0.3 is 4.90 Å². The number of anilines is 1. The molecule has 1 aliphatic rings. The lowest BCUT2D eigenvalue weighted by Gasteiger charge is -2.30. The van der Waals surface area contributed by atoms with E-state index in [4.69, 9.17) is 0 Å². The normalized spacial score (nSPS) is 13.4. The Hall–Kier alpha value is -3.69. The first kappa shape index (κ1) is 23.1. The summed E-state index contributed by atoms with van der Waals surface area (Å²) in [5, 5.41) is 2.75. The maximum atomic E-state index is 13.4. The molecular formula is C32H32N2O. The molecule has 3 nitrogen and oxygen atoms in total. The second kappa shape index (κ2) is 10.3. The molecule has 3 heteroatoms. The number of carbonyl (C=O) groups is 1. The number of hydrogen-bond donors (Lipinski definition) is 0. The Morgan fingerprint density at radius 2 is 1.60 bits per heavy atom. The van der Waals surface area contributed by atoms with Crippen molar-refractivity contribution in [1.82, 2.24) is 4.90 Å². The molecule has 0 saturated carbocycles. The molecule has 1 heterocycles. The first-order chi connectivity index (χ1) is 17.1. The van der Waals surface area contributed by atoms with E-state index in [-0.39, 0.29) is 5.91 Å². The first-order valence-electron chi connectivity index (χ1n) is 12.4. The number of hydrogen-bond acceptors (Lipinski definition) is 2. The zero-order valence-corrected chi connectivity index (χ0v) is 20.6. The SMILES string of the molecule is Cc1ccc(N(CCCN2Cc3cccc4cccc(c34)C2)C(=O)/C=C/c2ccccc2)c(C)c1. The maximum Gasteiger partial charge on any atom is 0.250 e. The summed E-state index contributed by atoms with van der Waals surface area (Å²) in [7, 11) is 0. The molecule has 35 heavy (non-hydrogen) atoms. The summed E-state index contributed by atoms with van der Waals surface area (Å²) in [6, 6.07) is 29.5. The van der Waals surface area contributed by atoms with E-state index < -0.39 is 0 Å². The van der Waals surface area contributed by atoms with Gasteiger partial charge in [-0.25, -0.2) is 0 Å². The fourth-order valence-electron chi connectivity index (χ4n) is 5.19. The van der Waals surface area contributed by atoms with Gasteiger partial charge in [0.15, 0.2) is 0 Å². The van der Waals surface area contributed by atoms with Gasteiger partial charge in [-0.2, -0.15) is 0 Å². The minimum Gasteiger partial charge on any atom is -0.309 e. The van der Waals surface area contributed by atoms with Crippen molar-refractivity contribution in [3.8, 4) is 0 Å². The Balaban J connectivity index is 1.30. The minimum atomic E-state index is 0.0227. The van der Waals surface area contributed by atoms with Crippen molar-refractivity contribution in [1.29, 1.82) is 0 Å². The lowest BCUT2D eigenvalue weighted by atomic mass is 9.95. The minimum absolute atomic E-state index is 0.0227. The highest BCUT2D eigenvalue weighted by atomic mass is 16.2. The average molecular weight is 461 g/mol. The van der Waals surface area contributed by atoms with Crippen molar-refractivity contribution in [2.24, 2.45) is 0 Å². The summed E-state index contributed by atoms with van der Waals surface area (Å²) in [5.41, 5.74) is 7.16. The van der Waals surface area contributed by atoms with Crippen LogP contribution in [0.15, 0.2) is 91.0 Å². The molecule has 0 saturated heterocycles. The topological polar surface area (TPSA) is 23.6 Å². The van der Waals surface area contributed by atoms with E-state index in [1.165, 1.54) is 27.5 Å². The zero-order chi connectivity index (χ0) is 24.2. The maximum absolute atomic E-state index is 13.4. The monoisotopic (exact) mass is 460 g/mol. The summed E-state index contributed by atoms with van der Waals surface area (Å²) in [6.07, 6.45) is 4.52. The molecule has 0 radical (unpaired) electrons. The predicted molar refractivity (Wildman–Crippen MR) is 146 cm³/mol. The molecule has 5 rings (SSSR count). The standard InChI is InChI=1S/C32H32N2O/c1-24-15-17-30(25(2)21-24)34(31(35)18-16-26-9-4-3-5-10-26)20-8-19-33-22-28-13-6-11-27-12-7-14-29(23-33)32(27)28/h3-7,9-18,21H,8,19-20,22-23H2,1-2H3/b18-16+. The molecule has 1 aliphatic heterocycles. The van der Waals surface area contributed by atoms with Crippen molar-refractivity contribution < 1.29 is 4.79 Å². The van der Waals surface area contributed by atoms with Gasteiger partial charge in [0.1, 0.15) is 0 Å². The van der Waals surface area contributed by atoms with E-state index in [9.17, 15) is 4.79 Å². The number of carbonyl (C=O) groups excluding carboxylic acids is 1. The smallest absolute Gasteiger partial charge is 0.250 e. The van der Waals surface area contributed by atoms with Crippen LogP contribution in [0, 0.1) is 13.8 Å². The molecule has 0 fully saturated rings. The van der Waals surface area contributed by atoms with Crippen LogP contribution in [0.1, 0.15) is 34.2 Å². The number of rotatable bonds is 7. The average Bonchev–Trinajstić information content (AvgIpc) is 2.87. The third-order valence-corrected chi connectivity index (χ3v) is 6.85. The molecule has 0 atom stereocenters. The van der Waals surface area contributed by atoms with Gasteiger partial charge in [-0.05, 0) is 65.4 Å². The Labute approximate surface area is 208 Å². The van der Waals surface area contributed by atoms with Crippen LogP contribution >= 0.6 is 0 Å². The number of nitrogens with zero attached hydrogens (tertiary/aromatic N) is 2. The van der Waals surface area contributed by atoms with Gasteiger partial charge in [0.2, 0.25) is 0 Å². The largest absolute Gasteiger partial charge is 0.309 e. The number of aryl methyl sites for hydroxylation is 2. The molecule has 0 aromatic heterocycles. The van der Waals surface area contributed by atoms with Crippen LogP contribution in [-0.4, -0.2) is 23.9 Å². The summed E-state index contributed by atoms with van der Waals surface area (Å²) in [6.45, 7) is 7.73. The fraction of sp³-hybridized carbons (Fsp3) is 0.219. The van der Waals surface area contributed by atoms with E-state index in [0.717, 1.165) is 42.9 Å². The third-order valence-electron chi connectivity index (χ3n) is 6.85. The second-order valence-electron chi connectivity index (χ2n) is 9.52. The lowest BCUT2D eigenvalue weighted by molar-refractivity contribution is -0.114. The van der Waals surface area contributed by atoms with Crippen LogP contribution in [0.25, 0.3) is 16.8 Å². The van der Waals surface area contributed by atoms with Crippen LogP contribution in [0.3, 0.4) is 0 Å². The van der Waals surface area contributed by atoms with Crippen LogP contribution in [-0.2, 0) is 17.9 Å². The third kappa shape index (κ3) is 5.21. The molecule has 0 N–H and O–H groups in total. The molecule has 0 spiro atoms. The van der Waals surface area contributed by atoms with Crippen LogP contribution in [0.5, 0.6) is 0 Å². The highest BCUT2D eigenvalue weighted by Crippen LogP contribution is 2.30. The van der Waals surface area contributed by atoms with Crippen molar-refractivity contribution in [2.75, 3.05) is 18.0 Å². The van der Waals surface area contributed by atoms with Gasteiger partial charge in [0, 0.05) is 37.9 Å². The summed E-state index contributed by atoms with van der Waals surface area (Å²) < 4.78 is 0. The summed E-state index contributed by atoms with van der Waals surface area (Å²) in [4.78, 5) is 17.8. The fourth-order valence-corrected chi connectivity index (χ4v) is 5.19. The molecule has 4 aromatic rings. The number of amides is 1. The van der Waals surface area contributed by atoms with Gasteiger partial charge in [0.25, 0.3) is 5.91 Å². The van der Waals surface area contributed by atoms with Crippen molar-refractivity contribution in [3.05, 3.63) is 119 Å². The molecule has 4 aromatic carbocycles. The predicted octanol–water partition coefficient (Wildman–Crippen LogP) is 6.91. The first-order valence-corrected chi connectivity index (χ1v) is 12.4. The molecule has 0 bridgehead atoms. The zero-order valence-electron chi connectivity index (χ0n) is 20.6. The van der Waals surface area contributed by atoms with Crippen molar-refractivity contribution in [3.63, 3.8) is 0 Å². The molecule has 176 valence electrons. The molecular weight excluding hydrogens is 428 g/mol. The van der Waals surface area contributed by atoms with Gasteiger partial charge in [-0.3, -0.25) is 9.69 Å². The van der Waals surface area contributed by atoms with Crippen LogP contribution < -0.4 is 4.90 Å². The van der Waals surface area contributed by atoms with E-state index in [1.54, 1.807) is 6.08 Å². The van der Waals surface area contributed by atoms with E-state index >= 15 is 0 Å². The van der Waals surface area contributed by atoms with Gasteiger partial charge in [-0.15, -0.1) is 0 Å². The van der Waals surface area contributed by atoms with Crippen LogP contribution in [0.4, 0.5) is 5.69 Å². The van der Waals surface area contributed by atoms with Crippen LogP contribution in [0.2, 0.25) is 0 Å². The van der Waals surface area contributed by atoms with E-state index in [1.807, 2.05) is 41.3 Å². The molecule has 1 amide bonds. The quantitative estimate of drug-likeness (QED) is 0.280.